The minimum Gasteiger partial charge on any atom is -0.391 e. The average Bonchev–Trinajstić information content (AvgIpc) is 3.10. The fourth-order valence-electron chi connectivity index (χ4n) is 2.05. The van der Waals surface area contributed by atoms with Gasteiger partial charge < -0.3 is 15.7 Å². The van der Waals surface area contributed by atoms with Gasteiger partial charge in [-0.05, 0) is 38.1 Å². The monoisotopic (exact) mass is 212 g/mol. The number of carbonyl (C=O) groups excluding carboxylic acids is 1. The Morgan fingerprint density at radius 1 is 1.40 bits per heavy atom. The second-order valence-electron chi connectivity index (χ2n) is 4.65. The van der Waals surface area contributed by atoms with Crippen LogP contribution in [-0.4, -0.2) is 36.2 Å². The Bertz CT molecular complexity index is 223. The Morgan fingerprint density at radius 2 is 2.20 bits per heavy atom. The van der Waals surface area contributed by atoms with Crippen LogP contribution in [0.4, 0.5) is 0 Å². The first kappa shape index (κ1) is 10.9. The van der Waals surface area contributed by atoms with Crippen molar-refractivity contribution >= 4 is 5.91 Å². The first-order valence-corrected chi connectivity index (χ1v) is 5.96. The van der Waals surface area contributed by atoms with Crippen molar-refractivity contribution in [2.75, 3.05) is 13.1 Å². The molecule has 0 bridgehead atoms. The average molecular weight is 212 g/mol. The third-order valence-electron chi connectivity index (χ3n) is 3.28. The van der Waals surface area contributed by atoms with E-state index in [-0.39, 0.29) is 18.1 Å². The van der Waals surface area contributed by atoms with Gasteiger partial charge in [-0.25, -0.2) is 0 Å². The van der Waals surface area contributed by atoms with E-state index in [0.29, 0.717) is 12.5 Å². The molecule has 1 aliphatic heterocycles. The van der Waals surface area contributed by atoms with Gasteiger partial charge in [0.15, 0.2) is 0 Å². The number of rotatable bonds is 4. The molecular weight excluding hydrogens is 192 g/mol. The van der Waals surface area contributed by atoms with Crippen molar-refractivity contribution in [2.45, 2.75) is 44.2 Å². The molecule has 15 heavy (non-hydrogen) atoms. The van der Waals surface area contributed by atoms with Crippen LogP contribution in [0.5, 0.6) is 0 Å². The second kappa shape index (κ2) is 4.94. The zero-order chi connectivity index (χ0) is 10.7. The second-order valence-corrected chi connectivity index (χ2v) is 4.65. The number of aliphatic hydroxyl groups is 1. The van der Waals surface area contributed by atoms with Crippen molar-refractivity contribution in [3.8, 4) is 0 Å². The standard InChI is InChI=1S/C11H20N2O2/c14-10(8-4-5-8)7-13-11(15)9-3-1-2-6-12-9/h8-10,12,14H,1-7H2,(H,13,15). The molecule has 3 N–H and O–H groups in total. The number of nitrogens with one attached hydrogen (secondary N) is 2. The van der Waals surface area contributed by atoms with E-state index in [1.807, 2.05) is 0 Å². The van der Waals surface area contributed by atoms with Crippen LogP contribution in [0.3, 0.4) is 0 Å². The van der Waals surface area contributed by atoms with Crippen LogP contribution in [-0.2, 0) is 4.79 Å². The first-order valence-electron chi connectivity index (χ1n) is 5.96. The third kappa shape index (κ3) is 3.18. The van der Waals surface area contributed by atoms with Crippen LogP contribution in [0.1, 0.15) is 32.1 Å². The fraction of sp³-hybridized carbons (Fsp3) is 0.909. The molecule has 0 radical (unpaired) electrons. The van der Waals surface area contributed by atoms with Gasteiger partial charge in [-0.15, -0.1) is 0 Å². The van der Waals surface area contributed by atoms with Crippen LogP contribution in [0.25, 0.3) is 0 Å². The highest BCUT2D eigenvalue weighted by Crippen LogP contribution is 2.32. The van der Waals surface area contributed by atoms with E-state index >= 15 is 0 Å². The Labute approximate surface area is 90.4 Å². The van der Waals surface area contributed by atoms with Crippen molar-refractivity contribution in [3.63, 3.8) is 0 Å². The molecule has 2 fully saturated rings. The molecule has 86 valence electrons. The van der Waals surface area contributed by atoms with Crippen LogP contribution in [0, 0.1) is 5.92 Å². The van der Waals surface area contributed by atoms with Gasteiger partial charge in [0.2, 0.25) is 5.91 Å². The van der Waals surface area contributed by atoms with Gasteiger partial charge in [-0.3, -0.25) is 4.79 Å². The van der Waals surface area contributed by atoms with E-state index in [2.05, 4.69) is 10.6 Å². The molecule has 4 heteroatoms. The van der Waals surface area contributed by atoms with E-state index in [4.69, 9.17) is 0 Å². The van der Waals surface area contributed by atoms with Crippen molar-refractivity contribution in [2.24, 2.45) is 5.92 Å². The van der Waals surface area contributed by atoms with E-state index < -0.39 is 0 Å². The normalized spacial score (nSPS) is 28.5. The molecule has 1 heterocycles. The van der Waals surface area contributed by atoms with Gasteiger partial charge in [0, 0.05) is 6.54 Å². The first-order chi connectivity index (χ1) is 7.27. The van der Waals surface area contributed by atoms with Crippen LogP contribution < -0.4 is 10.6 Å². The van der Waals surface area contributed by atoms with Gasteiger partial charge in [0.25, 0.3) is 0 Å². The van der Waals surface area contributed by atoms with Gasteiger partial charge in [0.05, 0.1) is 12.1 Å². The molecule has 0 spiro atoms. The molecule has 2 aliphatic rings. The highest BCUT2D eigenvalue weighted by atomic mass is 16.3. The zero-order valence-electron chi connectivity index (χ0n) is 9.04. The van der Waals surface area contributed by atoms with Crippen molar-refractivity contribution in [1.82, 2.24) is 10.6 Å². The lowest BCUT2D eigenvalue weighted by atomic mass is 10.0. The number of hydrogen-bond acceptors (Lipinski definition) is 3. The lowest BCUT2D eigenvalue weighted by Crippen LogP contribution is -2.48. The number of aliphatic hydroxyl groups excluding tert-OH is 1. The van der Waals surface area contributed by atoms with Gasteiger partial charge >= 0.3 is 0 Å². The quantitative estimate of drug-likeness (QED) is 0.615. The summed E-state index contributed by atoms with van der Waals surface area (Å²) in [5.41, 5.74) is 0. The minimum absolute atomic E-state index is 0.0369. The van der Waals surface area contributed by atoms with Crippen LogP contribution in [0.2, 0.25) is 0 Å². The van der Waals surface area contributed by atoms with E-state index in [9.17, 15) is 9.90 Å². The number of amides is 1. The molecule has 4 nitrogen and oxygen atoms in total. The molecule has 1 saturated heterocycles. The summed E-state index contributed by atoms with van der Waals surface area (Å²) >= 11 is 0. The summed E-state index contributed by atoms with van der Waals surface area (Å²) in [6, 6.07) is -0.0369. The maximum absolute atomic E-state index is 11.7. The summed E-state index contributed by atoms with van der Waals surface area (Å²) in [5.74, 6) is 0.485. The maximum atomic E-state index is 11.7. The van der Waals surface area contributed by atoms with Gasteiger partial charge in [-0.2, -0.15) is 0 Å². The number of piperidine rings is 1. The van der Waals surface area contributed by atoms with Gasteiger partial charge in [-0.1, -0.05) is 6.42 Å². The molecule has 0 aromatic heterocycles. The van der Waals surface area contributed by atoms with Crippen LogP contribution in [0.15, 0.2) is 0 Å². The lowest BCUT2D eigenvalue weighted by Gasteiger charge is -2.23. The fourth-order valence-corrected chi connectivity index (χ4v) is 2.05. The van der Waals surface area contributed by atoms with Crippen LogP contribution >= 0.6 is 0 Å². The molecule has 1 amide bonds. The summed E-state index contributed by atoms with van der Waals surface area (Å²) in [6.07, 6.45) is 5.09. The SMILES string of the molecule is O=C(NCC(O)C1CC1)C1CCCCN1. The Hall–Kier alpha value is -0.610. The smallest absolute Gasteiger partial charge is 0.237 e. The molecule has 1 saturated carbocycles. The largest absolute Gasteiger partial charge is 0.391 e. The highest BCUT2D eigenvalue weighted by molar-refractivity contribution is 5.81. The maximum Gasteiger partial charge on any atom is 0.237 e. The number of hydrogen-bond donors (Lipinski definition) is 3. The van der Waals surface area contributed by atoms with Crippen molar-refractivity contribution in [1.29, 1.82) is 0 Å². The van der Waals surface area contributed by atoms with E-state index in [0.717, 1.165) is 38.6 Å². The van der Waals surface area contributed by atoms with Gasteiger partial charge in [0.1, 0.15) is 0 Å². The summed E-state index contributed by atoms with van der Waals surface area (Å²) in [4.78, 5) is 11.7. The Kier molecular flexibility index (Phi) is 3.59. The predicted octanol–water partition coefficient (Wildman–Crippen LogP) is 0.0156. The van der Waals surface area contributed by atoms with E-state index in [1.54, 1.807) is 0 Å². The summed E-state index contributed by atoms with van der Waals surface area (Å²) in [6.45, 7) is 1.35. The highest BCUT2D eigenvalue weighted by Gasteiger charge is 2.30. The Morgan fingerprint density at radius 3 is 2.80 bits per heavy atom. The summed E-state index contributed by atoms with van der Waals surface area (Å²) < 4.78 is 0. The molecular formula is C11H20N2O2. The molecule has 2 unspecified atom stereocenters. The minimum atomic E-state index is -0.336. The molecule has 0 aromatic rings. The molecule has 2 atom stereocenters. The number of carbonyl (C=O) groups is 1. The third-order valence-corrected chi connectivity index (χ3v) is 3.28. The molecule has 1 aliphatic carbocycles. The molecule has 2 rings (SSSR count). The zero-order valence-corrected chi connectivity index (χ0v) is 9.04. The topological polar surface area (TPSA) is 61.4 Å². The van der Waals surface area contributed by atoms with Crippen molar-refractivity contribution < 1.29 is 9.90 Å². The molecule has 0 aromatic carbocycles. The predicted molar refractivity (Wildman–Crippen MR) is 57.4 cm³/mol. The Balaban J connectivity index is 1.66. The summed E-state index contributed by atoms with van der Waals surface area (Å²) in [5, 5.41) is 15.6. The summed E-state index contributed by atoms with van der Waals surface area (Å²) in [7, 11) is 0. The van der Waals surface area contributed by atoms with Crippen molar-refractivity contribution in [3.05, 3.63) is 0 Å². The lowest BCUT2D eigenvalue weighted by molar-refractivity contribution is -0.124. The van der Waals surface area contributed by atoms with E-state index in [1.165, 1.54) is 0 Å².